The van der Waals surface area contributed by atoms with Crippen molar-refractivity contribution in [1.82, 2.24) is 10.2 Å². The molecule has 1 aromatic rings. The molecular weight excluding hydrogens is 224 g/mol. The molecule has 1 amide bonds. The monoisotopic (exact) mass is 244 g/mol. The second-order valence-electron chi connectivity index (χ2n) is 5.31. The van der Waals surface area contributed by atoms with E-state index in [1.54, 1.807) is 0 Å². The standard InChI is InChI=1S/C15H20N2O/c18-15-14-8-2-1-5-12(14)6-4-10-17(15)11-13-7-3-9-16-13/h1-2,5,8,13,16H,3-4,6-7,9-11H2/t13-/m1/s1. The molecule has 0 aliphatic carbocycles. The lowest BCUT2D eigenvalue weighted by Gasteiger charge is -2.24. The van der Waals surface area contributed by atoms with Crippen molar-refractivity contribution in [2.45, 2.75) is 31.7 Å². The maximum absolute atomic E-state index is 12.5. The molecule has 0 bridgehead atoms. The summed E-state index contributed by atoms with van der Waals surface area (Å²) in [6.07, 6.45) is 4.54. The number of rotatable bonds is 2. The summed E-state index contributed by atoms with van der Waals surface area (Å²) in [5.41, 5.74) is 2.12. The first-order valence-electron chi connectivity index (χ1n) is 6.95. The van der Waals surface area contributed by atoms with Gasteiger partial charge in [0.2, 0.25) is 0 Å². The number of nitrogens with zero attached hydrogens (tertiary/aromatic N) is 1. The number of hydrogen-bond donors (Lipinski definition) is 1. The van der Waals surface area contributed by atoms with Crippen molar-refractivity contribution in [2.24, 2.45) is 0 Å². The van der Waals surface area contributed by atoms with Gasteiger partial charge in [-0.3, -0.25) is 4.79 Å². The predicted molar refractivity (Wildman–Crippen MR) is 71.7 cm³/mol. The molecule has 1 atom stereocenters. The van der Waals surface area contributed by atoms with E-state index in [1.807, 2.05) is 23.1 Å². The lowest BCUT2D eigenvalue weighted by molar-refractivity contribution is 0.0747. The zero-order chi connectivity index (χ0) is 12.4. The normalized spacial score (nSPS) is 23.9. The molecule has 0 unspecified atom stereocenters. The van der Waals surface area contributed by atoms with Crippen LogP contribution in [0.2, 0.25) is 0 Å². The van der Waals surface area contributed by atoms with Gasteiger partial charge in [-0.1, -0.05) is 18.2 Å². The van der Waals surface area contributed by atoms with Crippen molar-refractivity contribution in [3.8, 4) is 0 Å². The van der Waals surface area contributed by atoms with Crippen LogP contribution in [-0.2, 0) is 6.42 Å². The van der Waals surface area contributed by atoms with Gasteiger partial charge < -0.3 is 10.2 Å². The van der Waals surface area contributed by atoms with Gasteiger partial charge in [-0.2, -0.15) is 0 Å². The fourth-order valence-corrected chi connectivity index (χ4v) is 3.03. The first kappa shape index (κ1) is 11.7. The largest absolute Gasteiger partial charge is 0.337 e. The van der Waals surface area contributed by atoms with Crippen LogP contribution >= 0.6 is 0 Å². The first-order chi connectivity index (χ1) is 8.84. The SMILES string of the molecule is O=C1c2ccccc2CCCN1C[C@H]1CCCN1. The second-order valence-corrected chi connectivity index (χ2v) is 5.31. The Morgan fingerprint density at radius 3 is 3.00 bits per heavy atom. The Morgan fingerprint density at radius 1 is 1.28 bits per heavy atom. The predicted octanol–water partition coefficient (Wildman–Crippen LogP) is 1.83. The Kier molecular flexibility index (Phi) is 3.33. The molecule has 2 heterocycles. The second kappa shape index (κ2) is 5.11. The lowest BCUT2D eigenvalue weighted by atomic mass is 10.0. The molecular formula is C15H20N2O. The summed E-state index contributed by atoms with van der Waals surface area (Å²) in [5.74, 6) is 0.219. The molecule has 0 radical (unpaired) electrons. The molecule has 3 rings (SSSR count). The smallest absolute Gasteiger partial charge is 0.254 e. The molecule has 0 aromatic heterocycles. The molecule has 0 saturated carbocycles. The quantitative estimate of drug-likeness (QED) is 0.860. The van der Waals surface area contributed by atoms with E-state index in [9.17, 15) is 4.79 Å². The zero-order valence-electron chi connectivity index (χ0n) is 10.7. The molecule has 0 spiro atoms. The Hall–Kier alpha value is -1.35. The average Bonchev–Trinajstić information content (AvgIpc) is 2.85. The summed E-state index contributed by atoms with van der Waals surface area (Å²) in [4.78, 5) is 14.6. The van der Waals surface area contributed by atoms with Crippen molar-refractivity contribution in [1.29, 1.82) is 0 Å². The molecule has 3 heteroatoms. The third-order valence-corrected chi connectivity index (χ3v) is 4.01. The van der Waals surface area contributed by atoms with Gasteiger partial charge >= 0.3 is 0 Å². The van der Waals surface area contributed by atoms with Gasteiger partial charge in [-0.05, 0) is 43.9 Å². The number of hydrogen-bond acceptors (Lipinski definition) is 2. The first-order valence-corrected chi connectivity index (χ1v) is 6.95. The number of carbonyl (C=O) groups excluding carboxylic acids is 1. The molecule has 1 saturated heterocycles. The van der Waals surface area contributed by atoms with Crippen molar-refractivity contribution in [2.75, 3.05) is 19.6 Å². The molecule has 2 aliphatic rings. The minimum atomic E-state index is 0.219. The Bertz CT molecular complexity index is 438. The molecule has 1 N–H and O–H groups in total. The lowest BCUT2D eigenvalue weighted by Crippen LogP contribution is -2.41. The van der Waals surface area contributed by atoms with Crippen LogP contribution in [0.15, 0.2) is 24.3 Å². The van der Waals surface area contributed by atoms with Crippen LogP contribution in [0.3, 0.4) is 0 Å². The van der Waals surface area contributed by atoms with E-state index in [2.05, 4.69) is 11.4 Å². The topological polar surface area (TPSA) is 32.3 Å². The highest BCUT2D eigenvalue weighted by atomic mass is 16.2. The van der Waals surface area contributed by atoms with E-state index in [0.717, 1.165) is 38.0 Å². The highest BCUT2D eigenvalue weighted by Crippen LogP contribution is 2.19. The van der Waals surface area contributed by atoms with Crippen molar-refractivity contribution < 1.29 is 4.79 Å². The van der Waals surface area contributed by atoms with Gasteiger partial charge in [0.15, 0.2) is 0 Å². The fourth-order valence-electron chi connectivity index (χ4n) is 3.03. The molecule has 1 aromatic carbocycles. The van der Waals surface area contributed by atoms with Crippen LogP contribution in [0, 0.1) is 0 Å². The summed E-state index contributed by atoms with van der Waals surface area (Å²) in [6.45, 7) is 2.86. The van der Waals surface area contributed by atoms with Crippen LogP contribution in [0.1, 0.15) is 35.2 Å². The third-order valence-electron chi connectivity index (χ3n) is 4.01. The molecule has 3 nitrogen and oxygen atoms in total. The fraction of sp³-hybridized carbons (Fsp3) is 0.533. The maximum Gasteiger partial charge on any atom is 0.254 e. The minimum absolute atomic E-state index is 0.219. The van der Waals surface area contributed by atoms with Crippen molar-refractivity contribution in [3.63, 3.8) is 0 Å². The van der Waals surface area contributed by atoms with Gasteiger partial charge in [0.25, 0.3) is 5.91 Å². The van der Waals surface area contributed by atoms with Crippen LogP contribution in [0.4, 0.5) is 0 Å². The van der Waals surface area contributed by atoms with Crippen LogP contribution in [-0.4, -0.2) is 36.5 Å². The van der Waals surface area contributed by atoms with E-state index in [1.165, 1.54) is 18.4 Å². The van der Waals surface area contributed by atoms with Gasteiger partial charge in [-0.15, -0.1) is 0 Å². The van der Waals surface area contributed by atoms with E-state index in [-0.39, 0.29) is 5.91 Å². The summed E-state index contributed by atoms with van der Waals surface area (Å²) in [5, 5.41) is 3.47. The highest BCUT2D eigenvalue weighted by molar-refractivity contribution is 5.96. The maximum atomic E-state index is 12.5. The Balaban J connectivity index is 1.78. The molecule has 1 fully saturated rings. The van der Waals surface area contributed by atoms with Crippen LogP contribution < -0.4 is 5.32 Å². The van der Waals surface area contributed by atoms with E-state index in [4.69, 9.17) is 0 Å². The van der Waals surface area contributed by atoms with E-state index in [0.29, 0.717) is 6.04 Å². The molecule has 18 heavy (non-hydrogen) atoms. The van der Waals surface area contributed by atoms with Crippen molar-refractivity contribution in [3.05, 3.63) is 35.4 Å². The molecule has 96 valence electrons. The number of amides is 1. The van der Waals surface area contributed by atoms with E-state index < -0.39 is 0 Å². The summed E-state index contributed by atoms with van der Waals surface area (Å²) in [7, 11) is 0. The summed E-state index contributed by atoms with van der Waals surface area (Å²) in [6, 6.07) is 8.55. The molecule has 2 aliphatic heterocycles. The van der Waals surface area contributed by atoms with Crippen LogP contribution in [0.5, 0.6) is 0 Å². The Morgan fingerprint density at radius 2 is 2.17 bits per heavy atom. The summed E-state index contributed by atoms with van der Waals surface area (Å²) < 4.78 is 0. The third kappa shape index (κ3) is 2.27. The average molecular weight is 244 g/mol. The van der Waals surface area contributed by atoms with Gasteiger partial charge in [0.05, 0.1) is 0 Å². The zero-order valence-corrected chi connectivity index (χ0v) is 10.7. The van der Waals surface area contributed by atoms with Crippen LogP contribution in [0.25, 0.3) is 0 Å². The van der Waals surface area contributed by atoms with Gasteiger partial charge in [-0.25, -0.2) is 0 Å². The van der Waals surface area contributed by atoms with Gasteiger partial charge in [0.1, 0.15) is 0 Å². The minimum Gasteiger partial charge on any atom is -0.337 e. The highest BCUT2D eigenvalue weighted by Gasteiger charge is 2.25. The number of aryl methyl sites for hydroxylation is 1. The number of benzene rings is 1. The van der Waals surface area contributed by atoms with Crippen molar-refractivity contribution >= 4 is 5.91 Å². The number of carbonyl (C=O) groups is 1. The summed E-state index contributed by atoms with van der Waals surface area (Å²) >= 11 is 0. The van der Waals surface area contributed by atoms with E-state index >= 15 is 0 Å². The number of nitrogens with one attached hydrogen (secondary N) is 1. The Labute approximate surface area is 108 Å². The van der Waals surface area contributed by atoms with Gasteiger partial charge in [0, 0.05) is 24.7 Å². The number of fused-ring (bicyclic) bond motifs is 1.